The van der Waals surface area contributed by atoms with Gasteiger partial charge in [-0.15, -0.1) is 0 Å². The summed E-state index contributed by atoms with van der Waals surface area (Å²) >= 11 is 0. The zero-order chi connectivity index (χ0) is 9.07. The van der Waals surface area contributed by atoms with Crippen LogP contribution in [0.4, 0.5) is 0 Å². The molecule has 2 heteroatoms. The molecule has 0 spiro atoms. The van der Waals surface area contributed by atoms with Gasteiger partial charge in [-0.3, -0.25) is 0 Å². The minimum Gasteiger partial charge on any atom is -0.396 e. The van der Waals surface area contributed by atoms with Crippen LogP contribution in [0.3, 0.4) is 0 Å². The van der Waals surface area contributed by atoms with Gasteiger partial charge in [0.25, 0.3) is 0 Å². The molecule has 0 amide bonds. The van der Waals surface area contributed by atoms with Gasteiger partial charge in [-0.25, -0.2) is 0 Å². The first-order chi connectivity index (χ1) is 5.91. The van der Waals surface area contributed by atoms with Crippen molar-refractivity contribution >= 4 is 0 Å². The average molecular weight is 172 g/mol. The summed E-state index contributed by atoms with van der Waals surface area (Å²) < 4.78 is 5.19. The molecular formula is C10H20O2. The van der Waals surface area contributed by atoms with Gasteiger partial charge in [-0.1, -0.05) is 12.2 Å². The van der Waals surface area contributed by atoms with Crippen LogP contribution in [0.25, 0.3) is 0 Å². The molecule has 0 aromatic rings. The van der Waals surface area contributed by atoms with Gasteiger partial charge in [0.05, 0.1) is 0 Å². The molecule has 0 atom stereocenters. The molecule has 0 fully saturated rings. The molecule has 12 heavy (non-hydrogen) atoms. The number of allylic oxidation sites excluding steroid dienone is 2. The van der Waals surface area contributed by atoms with Crippen LogP contribution in [0.15, 0.2) is 12.2 Å². The van der Waals surface area contributed by atoms with Crippen LogP contribution in [-0.2, 0) is 4.74 Å². The molecule has 0 aliphatic carbocycles. The molecule has 0 saturated heterocycles. The summed E-state index contributed by atoms with van der Waals surface area (Å²) in [6, 6.07) is 0. The maximum absolute atomic E-state index is 8.49. The van der Waals surface area contributed by atoms with E-state index in [1.54, 1.807) is 0 Å². The summed E-state index contributed by atoms with van der Waals surface area (Å²) in [4.78, 5) is 0. The van der Waals surface area contributed by atoms with Crippen molar-refractivity contribution in [2.24, 2.45) is 0 Å². The molecule has 0 rings (SSSR count). The summed E-state index contributed by atoms with van der Waals surface area (Å²) in [7, 11) is 0. The molecule has 0 aliphatic rings. The molecule has 2 nitrogen and oxygen atoms in total. The summed E-state index contributed by atoms with van der Waals surface area (Å²) in [5, 5.41) is 8.49. The van der Waals surface area contributed by atoms with Crippen molar-refractivity contribution < 1.29 is 9.84 Å². The number of hydrogen-bond acceptors (Lipinski definition) is 2. The van der Waals surface area contributed by atoms with Crippen LogP contribution in [0.2, 0.25) is 0 Å². The minimum absolute atomic E-state index is 0.295. The van der Waals surface area contributed by atoms with Gasteiger partial charge in [0.15, 0.2) is 0 Å². The Morgan fingerprint density at radius 2 is 1.83 bits per heavy atom. The first kappa shape index (κ1) is 11.7. The van der Waals surface area contributed by atoms with E-state index in [4.69, 9.17) is 9.84 Å². The van der Waals surface area contributed by atoms with E-state index in [9.17, 15) is 0 Å². The minimum atomic E-state index is 0.295. The third-order valence-electron chi connectivity index (χ3n) is 1.56. The topological polar surface area (TPSA) is 29.5 Å². The predicted molar refractivity (Wildman–Crippen MR) is 51.2 cm³/mol. The first-order valence-electron chi connectivity index (χ1n) is 4.75. The van der Waals surface area contributed by atoms with E-state index in [-0.39, 0.29) is 0 Å². The highest BCUT2D eigenvalue weighted by atomic mass is 16.5. The third kappa shape index (κ3) is 9.66. The van der Waals surface area contributed by atoms with E-state index >= 15 is 0 Å². The molecule has 0 bridgehead atoms. The van der Waals surface area contributed by atoms with E-state index in [0.29, 0.717) is 6.61 Å². The van der Waals surface area contributed by atoms with Crippen LogP contribution in [-0.4, -0.2) is 24.9 Å². The Morgan fingerprint density at radius 1 is 1.17 bits per heavy atom. The summed E-state index contributed by atoms with van der Waals surface area (Å²) in [5.41, 5.74) is 0. The largest absolute Gasteiger partial charge is 0.396 e. The maximum Gasteiger partial charge on any atom is 0.0468 e. The van der Waals surface area contributed by atoms with Crippen molar-refractivity contribution in [2.45, 2.75) is 32.6 Å². The van der Waals surface area contributed by atoms with Crippen LogP contribution in [0.5, 0.6) is 0 Å². The summed E-state index contributed by atoms with van der Waals surface area (Å²) in [6.45, 7) is 3.98. The second-order valence-electron chi connectivity index (χ2n) is 2.68. The normalized spacial score (nSPS) is 11.2. The van der Waals surface area contributed by atoms with E-state index in [2.05, 4.69) is 12.2 Å². The molecule has 0 aromatic heterocycles. The zero-order valence-electron chi connectivity index (χ0n) is 7.96. The van der Waals surface area contributed by atoms with Crippen molar-refractivity contribution in [3.63, 3.8) is 0 Å². The highest BCUT2D eigenvalue weighted by Crippen LogP contribution is 1.95. The lowest BCUT2D eigenvalue weighted by molar-refractivity contribution is 0.145. The van der Waals surface area contributed by atoms with E-state index < -0.39 is 0 Å². The standard InChI is InChI=1S/C10H20O2/c1-2-12-10-8-6-4-3-5-7-9-11/h3-4,11H,2,5-10H2,1H3. The number of aliphatic hydroxyl groups excluding tert-OH is 1. The maximum atomic E-state index is 8.49. The fourth-order valence-corrected chi connectivity index (χ4v) is 0.892. The van der Waals surface area contributed by atoms with Gasteiger partial charge in [-0.05, 0) is 32.6 Å². The van der Waals surface area contributed by atoms with Gasteiger partial charge in [-0.2, -0.15) is 0 Å². The third-order valence-corrected chi connectivity index (χ3v) is 1.56. The summed E-state index contributed by atoms with van der Waals surface area (Å²) in [6.07, 6.45) is 8.35. The van der Waals surface area contributed by atoms with E-state index in [0.717, 1.165) is 38.9 Å². The van der Waals surface area contributed by atoms with Crippen molar-refractivity contribution in [3.8, 4) is 0 Å². The van der Waals surface area contributed by atoms with Gasteiger partial charge in [0, 0.05) is 19.8 Å². The molecule has 0 heterocycles. The first-order valence-corrected chi connectivity index (χ1v) is 4.75. The zero-order valence-corrected chi connectivity index (χ0v) is 7.96. The van der Waals surface area contributed by atoms with E-state index in [1.807, 2.05) is 6.92 Å². The molecule has 0 saturated carbocycles. The molecule has 72 valence electrons. The Labute approximate surface area is 75.2 Å². The van der Waals surface area contributed by atoms with Gasteiger partial charge < -0.3 is 9.84 Å². The highest BCUT2D eigenvalue weighted by Gasteiger charge is 1.83. The van der Waals surface area contributed by atoms with Crippen LogP contribution in [0, 0.1) is 0 Å². The highest BCUT2D eigenvalue weighted by molar-refractivity contribution is 4.81. The van der Waals surface area contributed by atoms with Gasteiger partial charge in [0.1, 0.15) is 0 Å². The monoisotopic (exact) mass is 172 g/mol. The Bertz CT molecular complexity index is 100. The second kappa shape index (κ2) is 10.7. The average Bonchev–Trinajstić information content (AvgIpc) is 2.10. The van der Waals surface area contributed by atoms with E-state index in [1.165, 1.54) is 0 Å². The predicted octanol–water partition coefficient (Wildman–Crippen LogP) is 2.13. The number of aliphatic hydroxyl groups is 1. The number of ether oxygens (including phenoxy) is 1. The van der Waals surface area contributed by atoms with Crippen molar-refractivity contribution in [1.82, 2.24) is 0 Å². The van der Waals surface area contributed by atoms with Gasteiger partial charge in [0.2, 0.25) is 0 Å². The fraction of sp³-hybridized carbons (Fsp3) is 0.800. The molecular weight excluding hydrogens is 152 g/mol. The molecule has 0 radical (unpaired) electrons. The van der Waals surface area contributed by atoms with Crippen molar-refractivity contribution in [3.05, 3.63) is 12.2 Å². The van der Waals surface area contributed by atoms with Crippen molar-refractivity contribution in [1.29, 1.82) is 0 Å². The van der Waals surface area contributed by atoms with Crippen molar-refractivity contribution in [2.75, 3.05) is 19.8 Å². The fourth-order valence-electron chi connectivity index (χ4n) is 0.892. The van der Waals surface area contributed by atoms with Crippen LogP contribution < -0.4 is 0 Å². The smallest absolute Gasteiger partial charge is 0.0468 e. The number of rotatable bonds is 8. The summed E-state index contributed by atoms with van der Waals surface area (Å²) in [5.74, 6) is 0. The SMILES string of the molecule is CCOCCCC=CCCCO. The molecule has 0 unspecified atom stereocenters. The Kier molecular flexibility index (Phi) is 10.4. The lowest BCUT2D eigenvalue weighted by atomic mass is 10.2. The number of hydrogen-bond donors (Lipinski definition) is 1. The van der Waals surface area contributed by atoms with Crippen LogP contribution >= 0.6 is 0 Å². The molecule has 0 aromatic carbocycles. The molecule has 1 N–H and O–H groups in total. The Morgan fingerprint density at radius 3 is 2.42 bits per heavy atom. The quantitative estimate of drug-likeness (QED) is 0.449. The van der Waals surface area contributed by atoms with Gasteiger partial charge >= 0.3 is 0 Å². The number of unbranched alkanes of at least 4 members (excludes halogenated alkanes) is 2. The lowest BCUT2D eigenvalue weighted by Crippen LogP contribution is -1.91. The van der Waals surface area contributed by atoms with Crippen LogP contribution in [0.1, 0.15) is 32.6 Å². The molecule has 0 aliphatic heterocycles. The second-order valence-corrected chi connectivity index (χ2v) is 2.68. The Balaban J connectivity index is 2.92. The lowest BCUT2D eigenvalue weighted by Gasteiger charge is -1.96. The Hall–Kier alpha value is -0.340.